The van der Waals surface area contributed by atoms with Crippen LogP contribution in [0.5, 0.6) is 0 Å². The number of rotatable bonds is 2. The van der Waals surface area contributed by atoms with Crippen LogP contribution in [0.1, 0.15) is 24.8 Å². The van der Waals surface area contributed by atoms with Gasteiger partial charge in [0.15, 0.2) is 0 Å². The molecular weight excluding hydrogens is 162 g/mol. The fourth-order valence-corrected chi connectivity index (χ4v) is 1.87. The summed E-state index contributed by atoms with van der Waals surface area (Å²) in [5.74, 6) is 1.02. The van der Waals surface area contributed by atoms with Crippen molar-refractivity contribution >= 4 is 5.69 Å². The molecule has 3 N–H and O–H groups in total. The summed E-state index contributed by atoms with van der Waals surface area (Å²) >= 11 is 0. The van der Waals surface area contributed by atoms with Gasteiger partial charge in [0.1, 0.15) is 0 Å². The number of hydrogen-bond donors (Lipinski definition) is 2. The predicted molar refractivity (Wildman–Crippen MR) is 53.4 cm³/mol. The van der Waals surface area contributed by atoms with Crippen LogP contribution in [0.3, 0.4) is 0 Å². The van der Waals surface area contributed by atoms with Gasteiger partial charge in [-0.3, -0.25) is 0 Å². The van der Waals surface area contributed by atoms with Crippen molar-refractivity contribution in [2.45, 2.75) is 25.4 Å². The first-order valence-corrected chi connectivity index (χ1v) is 4.72. The fourth-order valence-electron chi connectivity index (χ4n) is 1.87. The van der Waals surface area contributed by atoms with E-state index in [0.29, 0.717) is 11.8 Å². The van der Waals surface area contributed by atoms with Crippen LogP contribution in [-0.2, 0) is 0 Å². The molecule has 1 fully saturated rings. The van der Waals surface area contributed by atoms with E-state index in [9.17, 15) is 5.11 Å². The van der Waals surface area contributed by atoms with Gasteiger partial charge in [-0.2, -0.15) is 0 Å². The molecule has 1 aliphatic carbocycles. The number of nitrogens with two attached hydrogens (primary N) is 1. The van der Waals surface area contributed by atoms with Crippen LogP contribution < -0.4 is 5.73 Å². The monoisotopic (exact) mass is 177 g/mol. The van der Waals surface area contributed by atoms with Crippen molar-refractivity contribution in [3.8, 4) is 0 Å². The highest BCUT2D eigenvalue weighted by Crippen LogP contribution is 2.49. The molecular formula is C11H15NO. The van der Waals surface area contributed by atoms with Gasteiger partial charge in [-0.25, -0.2) is 0 Å². The van der Waals surface area contributed by atoms with Crippen LogP contribution in [0.2, 0.25) is 0 Å². The average molecular weight is 177 g/mol. The van der Waals surface area contributed by atoms with Crippen LogP contribution in [0, 0.1) is 5.92 Å². The van der Waals surface area contributed by atoms with E-state index in [0.717, 1.165) is 12.1 Å². The van der Waals surface area contributed by atoms with Crippen molar-refractivity contribution in [2.24, 2.45) is 5.92 Å². The van der Waals surface area contributed by atoms with Crippen molar-refractivity contribution in [1.82, 2.24) is 0 Å². The van der Waals surface area contributed by atoms with Gasteiger partial charge in [-0.15, -0.1) is 0 Å². The summed E-state index contributed by atoms with van der Waals surface area (Å²) in [4.78, 5) is 0. The van der Waals surface area contributed by atoms with Gasteiger partial charge >= 0.3 is 0 Å². The summed E-state index contributed by atoms with van der Waals surface area (Å²) in [6.45, 7) is 1.86. The zero-order valence-corrected chi connectivity index (χ0v) is 7.77. The predicted octanol–water partition coefficient (Wildman–Crippen LogP) is 1.75. The van der Waals surface area contributed by atoms with Gasteiger partial charge in [0.25, 0.3) is 0 Å². The number of nitrogen functional groups attached to an aromatic ring is 1. The molecule has 13 heavy (non-hydrogen) atoms. The van der Waals surface area contributed by atoms with Crippen molar-refractivity contribution in [3.05, 3.63) is 29.8 Å². The summed E-state index contributed by atoms with van der Waals surface area (Å²) in [6, 6.07) is 7.96. The fraction of sp³-hybridized carbons (Fsp3) is 0.455. The normalized spacial score (nSPS) is 28.5. The molecule has 1 saturated carbocycles. The lowest BCUT2D eigenvalue weighted by atomic mass is 10.1. The van der Waals surface area contributed by atoms with Crippen molar-refractivity contribution < 1.29 is 5.11 Å². The third-order valence-corrected chi connectivity index (χ3v) is 2.82. The summed E-state index contributed by atoms with van der Waals surface area (Å²) < 4.78 is 0. The molecule has 0 bridgehead atoms. The minimum atomic E-state index is -0.178. The van der Waals surface area contributed by atoms with E-state index in [4.69, 9.17) is 5.73 Å². The molecule has 0 radical (unpaired) electrons. The number of aliphatic hydroxyl groups is 1. The molecule has 2 rings (SSSR count). The zero-order valence-electron chi connectivity index (χ0n) is 7.77. The van der Waals surface area contributed by atoms with E-state index in [1.807, 2.05) is 19.1 Å². The molecule has 1 aromatic rings. The van der Waals surface area contributed by atoms with Crippen LogP contribution in [-0.4, -0.2) is 11.2 Å². The Kier molecular flexibility index (Phi) is 2.00. The van der Waals surface area contributed by atoms with Gasteiger partial charge in [-0.1, -0.05) is 12.1 Å². The van der Waals surface area contributed by atoms with Crippen molar-refractivity contribution in [2.75, 3.05) is 5.73 Å². The molecule has 1 aromatic carbocycles. The number of hydrogen-bond acceptors (Lipinski definition) is 2. The van der Waals surface area contributed by atoms with E-state index in [-0.39, 0.29) is 6.10 Å². The average Bonchev–Trinajstić information content (AvgIpc) is 2.85. The minimum Gasteiger partial charge on any atom is -0.399 e. The third-order valence-electron chi connectivity index (χ3n) is 2.82. The number of anilines is 1. The lowest BCUT2D eigenvalue weighted by Gasteiger charge is -2.03. The Morgan fingerprint density at radius 2 is 2.00 bits per heavy atom. The Labute approximate surface area is 78.4 Å². The van der Waals surface area contributed by atoms with Crippen LogP contribution >= 0.6 is 0 Å². The van der Waals surface area contributed by atoms with E-state index in [1.54, 1.807) is 0 Å². The lowest BCUT2D eigenvalue weighted by molar-refractivity contribution is 0.169. The largest absolute Gasteiger partial charge is 0.399 e. The van der Waals surface area contributed by atoms with Crippen molar-refractivity contribution in [1.29, 1.82) is 0 Å². The Morgan fingerprint density at radius 3 is 2.46 bits per heavy atom. The summed E-state index contributed by atoms with van der Waals surface area (Å²) in [7, 11) is 0. The Morgan fingerprint density at radius 1 is 1.38 bits per heavy atom. The Balaban J connectivity index is 2.08. The van der Waals surface area contributed by atoms with Crippen molar-refractivity contribution in [3.63, 3.8) is 0 Å². The second-order valence-electron chi connectivity index (χ2n) is 3.91. The molecule has 0 heterocycles. The highest BCUT2D eigenvalue weighted by molar-refractivity contribution is 5.41. The molecule has 0 unspecified atom stereocenters. The van der Waals surface area contributed by atoms with Gasteiger partial charge < -0.3 is 10.8 Å². The Bertz CT molecular complexity index is 291. The van der Waals surface area contributed by atoms with Crippen LogP contribution in [0.15, 0.2) is 24.3 Å². The Hall–Kier alpha value is -1.02. The maximum atomic E-state index is 9.35. The van der Waals surface area contributed by atoms with E-state index in [2.05, 4.69) is 12.1 Å². The first kappa shape index (κ1) is 8.57. The summed E-state index contributed by atoms with van der Waals surface area (Å²) in [5.41, 5.74) is 7.70. The second kappa shape index (κ2) is 3.04. The zero-order chi connectivity index (χ0) is 9.42. The summed E-state index contributed by atoms with van der Waals surface area (Å²) in [5, 5.41) is 9.35. The molecule has 0 aromatic heterocycles. The van der Waals surface area contributed by atoms with E-state index in [1.165, 1.54) is 5.56 Å². The summed E-state index contributed by atoms with van der Waals surface area (Å²) in [6.07, 6.45) is 0.934. The smallest absolute Gasteiger partial charge is 0.0546 e. The molecule has 0 saturated heterocycles. The van der Waals surface area contributed by atoms with Gasteiger partial charge in [0.05, 0.1) is 6.10 Å². The van der Waals surface area contributed by atoms with Crippen LogP contribution in [0.4, 0.5) is 5.69 Å². The number of aliphatic hydroxyl groups excluding tert-OH is 1. The van der Waals surface area contributed by atoms with E-state index < -0.39 is 0 Å². The standard InChI is InChI=1S/C11H15NO/c1-7(13)10-6-11(10)8-2-4-9(12)5-3-8/h2-5,7,10-11,13H,6,12H2,1H3/t7-,10+,11-/m0/s1. The molecule has 0 spiro atoms. The first-order valence-electron chi connectivity index (χ1n) is 4.72. The van der Waals surface area contributed by atoms with Gasteiger partial charge in [-0.05, 0) is 42.9 Å². The second-order valence-corrected chi connectivity index (χ2v) is 3.91. The molecule has 0 aliphatic heterocycles. The van der Waals surface area contributed by atoms with Crippen LogP contribution in [0.25, 0.3) is 0 Å². The molecule has 1 aliphatic rings. The maximum Gasteiger partial charge on any atom is 0.0546 e. The highest BCUT2D eigenvalue weighted by atomic mass is 16.3. The lowest BCUT2D eigenvalue weighted by Crippen LogP contribution is -2.03. The topological polar surface area (TPSA) is 46.2 Å². The minimum absolute atomic E-state index is 0.178. The maximum absolute atomic E-state index is 9.35. The molecule has 3 atom stereocenters. The van der Waals surface area contributed by atoms with Gasteiger partial charge in [0, 0.05) is 5.69 Å². The number of benzene rings is 1. The SMILES string of the molecule is C[C@H](O)[C@H]1C[C@H]1c1ccc(N)cc1. The molecule has 2 nitrogen and oxygen atoms in total. The quantitative estimate of drug-likeness (QED) is 0.676. The molecule has 2 heteroatoms. The third kappa shape index (κ3) is 1.68. The first-order chi connectivity index (χ1) is 6.18. The molecule has 70 valence electrons. The van der Waals surface area contributed by atoms with Gasteiger partial charge in [0.2, 0.25) is 0 Å². The molecule has 0 amide bonds. The highest BCUT2D eigenvalue weighted by Gasteiger charge is 2.41. The van der Waals surface area contributed by atoms with E-state index >= 15 is 0 Å².